The Labute approximate surface area is 108 Å². The third kappa shape index (κ3) is 3.79. The Hall–Kier alpha value is -1.45. The molecule has 0 atom stereocenters. The van der Waals surface area contributed by atoms with E-state index in [4.69, 9.17) is 4.74 Å². The van der Waals surface area contributed by atoms with Gasteiger partial charge in [0.15, 0.2) is 0 Å². The van der Waals surface area contributed by atoms with Crippen LogP contribution in [0, 0.1) is 0 Å². The lowest BCUT2D eigenvalue weighted by Crippen LogP contribution is -2.20. The molecule has 1 aromatic carbocycles. The van der Waals surface area contributed by atoms with Crippen molar-refractivity contribution in [1.29, 1.82) is 0 Å². The smallest absolute Gasteiger partial charge is 0.0702 e. The van der Waals surface area contributed by atoms with Gasteiger partial charge >= 0.3 is 0 Å². The van der Waals surface area contributed by atoms with Gasteiger partial charge < -0.3 is 10.1 Å². The molecule has 0 saturated heterocycles. The van der Waals surface area contributed by atoms with E-state index in [0.29, 0.717) is 6.10 Å². The van der Waals surface area contributed by atoms with Gasteiger partial charge in [0.1, 0.15) is 0 Å². The fraction of sp³-hybridized carbons (Fsp3) is 0.400. The molecule has 1 aromatic heterocycles. The normalized spacial score (nSPS) is 11.3. The average molecular weight is 244 g/mol. The molecule has 0 unspecified atom stereocenters. The van der Waals surface area contributed by atoms with E-state index in [1.807, 2.05) is 12.3 Å². The number of hydrogen-bond donors (Lipinski definition) is 1. The summed E-state index contributed by atoms with van der Waals surface area (Å²) < 4.78 is 5.48. The van der Waals surface area contributed by atoms with E-state index in [9.17, 15) is 0 Å². The van der Waals surface area contributed by atoms with E-state index < -0.39 is 0 Å². The third-order valence-electron chi connectivity index (χ3n) is 2.73. The molecule has 0 radical (unpaired) electrons. The van der Waals surface area contributed by atoms with Gasteiger partial charge in [-0.05, 0) is 37.6 Å². The molecule has 0 aliphatic heterocycles. The number of hydrogen-bond acceptors (Lipinski definition) is 3. The molecule has 1 N–H and O–H groups in total. The molecule has 0 spiro atoms. The van der Waals surface area contributed by atoms with Crippen LogP contribution in [0.2, 0.25) is 0 Å². The Bertz CT molecular complexity index is 497. The first-order valence-corrected chi connectivity index (χ1v) is 6.41. The van der Waals surface area contributed by atoms with Gasteiger partial charge in [-0.15, -0.1) is 0 Å². The lowest BCUT2D eigenvalue weighted by atomic mass is 10.1. The topological polar surface area (TPSA) is 34.1 Å². The highest BCUT2D eigenvalue weighted by Gasteiger charge is 1.97. The number of nitrogens with one attached hydrogen (secondary N) is 1. The monoisotopic (exact) mass is 244 g/mol. The Kier molecular flexibility index (Phi) is 4.67. The number of fused-ring (bicyclic) bond motifs is 1. The van der Waals surface area contributed by atoms with Gasteiger partial charge in [0.2, 0.25) is 0 Å². The van der Waals surface area contributed by atoms with Crippen molar-refractivity contribution in [3.8, 4) is 0 Å². The predicted octanol–water partition coefficient (Wildman–Crippen LogP) is 2.75. The summed E-state index contributed by atoms with van der Waals surface area (Å²) in [6.45, 7) is 6.61. The fourth-order valence-electron chi connectivity index (χ4n) is 1.83. The molecular formula is C15H20N2O. The SMILES string of the molecule is CC(C)OCCNCc1ccc2ncccc2c1. The van der Waals surface area contributed by atoms with Crippen LogP contribution in [0.5, 0.6) is 0 Å². The van der Waals surface area contributed by atoms with Gasteiger partial charge in [-0.1, -0.05) is 12.1 Å². The minimum Gasteiger partial charge on any atom is -0.377 e. The quantitative estimate of drug-likeness (QED) is 0.793. The molecule has 96 valence electrons. The van der Waals surface area contributed by atoms with Gasteiger partial charge in [0.05, 0.1) is 18.2 Å². The summed E-state index contributed by atoms with van der Waals surface area (Å²) in [5, 5.41) is 4.57. The zero-order valence-electron chi connectivity index (χ0n) is 11.0. The van der Waals surface area contributed by atoms with E-state index in [-0.39, 0.29) is 0 Å². The second kappa shape index (κ2) is 6.47. The number of nitrogens with zero attached hydrogens (tertiary/aromatic N) is 1. The number of ether oxygens (including phenoxy) is 1. The van der Waals surface area contributed by atoms with Crippen LogP contribution in [0.1, 0.15) is 19.4 Å². The lowest BCUT2D eigenvalue weighted by molar-refractivity contribution is 0.0807. The molecule has 2 rings (SSSR count). The lowest BCUT2D eigenvalue weighted by Gasteiger charge is -2.09. The van der Waals surface area contributed by atoms with Crippen molar-refractivity contribution >= 4 is 10.9 Å². The Morgan fingerprint density at radius 2 is 2.17 bits per heavy atom. The van der Waals surface area contributed by atoms with E-state index >= 15 is 0 Å². The molecule has 0 amide bonds. The number of pyridine rings is 1. The zero-order chi connectivity index (χ0) is 12.8. The first-order valence-electron chi connectivity index (χ1n) is 6.41. The Balaban J connectivity index is 1.84. The molecule has 1 heterocycles. The molecular weight excluding hydrogens is 224 g/mol. The summed E-state index contributed by atoms with van der Waals surface area (Å²) in [4.78, 5) is 4.31. The summed E-state index contributed by atoms with van der Waals surface area (Å²) >= 11 is 0. The van der Waals surface area contributed by atoms with Crippen LogP contribution in [0.25, 0.3) is 10.9 Å². The van der Waals surface area contributed by atoms with Gasteiger partial charge in [0, 0.05) is 24.7 Å². The molecule has 0 bridgehead atoms. The van der Waals surface area contributed by atoms with E-state index in [1.54, 1.807) is 0 Å². The van der Waals surface area contributed by atoms with Crippen LogP contribution >= 0.6 is 0 Å². The van der Waals surface area contributed by atoms with Crippen LogP contribution < -0.4 is 5.32 Å². The highest BCUT2D eigenvalue weighted by molar-refractivity contribution is 5.78. The van der Waals surface area contributed by atoms with Crippen LogP contribution in [-0.2, 0) is 11.3 Å². The summed E-state index contributed by atoms with van der Waals surface area (Å²) in [5.41, 5.74) is 2.32. The number of benzene rings is 1. The van der Waals surface area contributed by atoms with Gasteiger partial charge in [-0.3, -0.25) is 4.98 Å². The van der Waals surface area contributed by atoms with Crippen molar-refractivity contribution in [3.05, 3.63) is 42.1 Å². The van der Waals surface area contributed by atoms with Crippen molar-refractivity contribution in [2.75, 3.05) is 13.2 Å². The summed E-state index contributed by atoms with van der Waals surface area (Å²) in [6.07, 6.45) is 2.13. The highest BCUT2D eigenvalue weighted by atomic mass is 16.5. The van der Waals surface area contributed by atoms with Gasteiger partial charge in [-0.25, -0.2) is 0 Å². The molecule has 0 fully saturated rings. The van der Waals surface area contributed by atoms with Crippen molar-refractivity contribution in [2.45, 2.75) is 26.5 Å². The Morgan fingerprint density at radius 3 is 3.00 bits per heavy atom. The van der Waals surface area contributed by atoms with Crippen LogP contribution in [-0.4, -0.2) is 24.2 Å². The summed E-state index contributed by atoms with van der Waals surface area (Å²) in [5.74, 6) is 0. The average Bonchev–Trinajstić information content (AvgIpc) is 2.38. The highest BCUT2D eigenvalue weighted by Crippen LogP contribution is 2.12. The fourth-order valence-corrected chi connectivity index (χ4v) is 1.83. The van der Waals surface area contributed by atoms with E-state index in [2.05, 4.69) is 48.4 Å². The standard InChI is InChI=1S/C15H20N2O/c1-12(2)18-9-8-16-11-13-5-6-15-14(10-13)4-3-7-17-15/h3-7,10,12,16H,8-9,11H2,1-2H3. The molecule has 0 saturated carbocycles. The van der Waals surface area contributed by atoms with Crippen molar-refractivity contribution in [3.63, 3.8) is 0 Å². The van der Waals surface area contributed by atoms with Crippen molar-refractivity contribution in [2.24, 2.45) is 0 Å². The van der Waals surface area contributed by atoms with E-state index in [1.165, 1.54) is 10.9 Å². The molecule has 18 heavy (non-hydrogen) atoms. The third-order valence-corrected chi connectivity index (χ3v) is 2.73. The maximum atomic E-state index is 5.48. The number of rotatable bonds is 6. The molecule has 2 aromatic rings. The minimum atomic E-state index is 0.304. The van der Waals surface area contributed by atoms with Crippen molar-refractivity contribution < 1.29 is 4.74 Å². The molecule has 0 aliphatic carbocycles. The second-order valence-corrected chi connectivity index (χ2v) is 4.63. The van der Waals surface area contributed by atoms with E-state index in [0.717, 1.165) is 25.2 Å². The van der Waals surface area contributed by atoms with Crippen LogP contribution in [0.4, 0.5) is 0 Å². The minimum absolute atomic E-state index is 0.304. The molecule has 3 nitrogen and oxygen atoms in total. The predicted molar refractivity (Wildman–Crippen MR) is 74.5 cm³/mol. The summed E-state index contributed by atoms with van der Waals surface area (Å²) in [6, 6.07) is 10.4. The Morgan fingerprint density at radius 1 is 1.28 bits per heavy atom. The first kappa shape index (κ1) is 13.0. The van der Waals surface area contributed by atoms with Gasteiger partial charge in [-0.2, -0.15) is 0 Å². The maximum Gasteiger partial charge on any atom is 0.0702 e. The first-order chi connectivity index (χ1) is 8.75. The number of aromatic nitrogens is 1. The largest absolute Gasteiger partial charge is 0.377 e. The zero-order valence-corrected chi connectivity index (χ0v) is 11.0. The maximum absolute atomic E-state index is 5.48. The van der Waals surface area contributed by atoms with Crippen molar-refractivity contribution in [1.82, 2.24) is 10.3 Å². The van der Waals surface area contributed by atoms with Crippen LogP contribution in [0.15, 0.2) is 36.5 Å². The van der Waals surface area contributed by atoms with Gasteiger partial charge in [0.25, 0.3) is 0 Å². The summed E-state index contributed by atoms with van der Waals surface area (Å²) in [7, 11) is 0. The second-order valence-electron chi connectivity index (χ2n) is 4.63. The van der Waals surface area contributed by atoms with Crippen LogP contribution in [0.3, 0.4) is 0 Å². The molecule has 3 heteroatoms. The molecule has 0 aliphatic rings.